The number of benzene rings is 1. The van der Waals surface area contributed by atoms with Crippen LogP contribution in [0.25, 0.3) is 0 Å². The predicted octanol–water partition coefficient (Wildman–Crippen LogP) is 1.67. The van der Waals surface area contributed by atoms with Crippen molar-refractivity contribution in [2.24, 2.45) is 5.41 Å². The molecule has 2 N–H and O–H groups in total. The van der Waals surface area contributed by atoms with E-state index in [4.69, 9.17) is 5.11 Å². The lowest BCUT2D eigenvalue weighted by Gasteiger charge is -2.21. The van der Waals surface area contributed by atoms with Gasteiger partial charge in [0.05, 0.1) is 6.42 Å². The van der Waals surface area contributed by atoms with Crippen molar-refractivity contribution in [2.75, 3.05) is 13.2 Å². The molecule has 1 rings (SSSR count). The predicted molar refractivity (Wildman–Crippen MR) is 68.8 cm³/mol. The first kappa shape index (κ1) is 13.7. The standard InChI is InChI=1S/C14H21NO2/c1-11-5-4-6-12(7-11)8-13(17)15-9-14(2,3)10-16/h4-7,16H,8-10H2,1-3H3,(H,15,17). The average molecular weight is 235 g/mol. The number of carbonyl (C=O) groups excluding carboxylic acids is 1. The van der Waals surface area contributed by atoms with E-state index in [0.717, 1.165) is 11.1 Å². The van der Waals surface area contributed by atoms with Crippen LogP contribution in [0.2, 0.25) is 0 Å². The minimum absolute atomic E-state index is 0.00266. The summed E-state index contributed by atoms with van der Waals surface area (Å²) in [6.45, 7) is 6.40. The van der Waals surface area contributed by atoms with E-state index in [0.29, 0.717) is 13.0 Å². The fraction of sp³-hybridized carbons (Fsp3) is 0.500. The molecule has 0 fully saturated rings. The number of nitrogens with one attached hydrogen (secondary N) is 1. The molecule has 1 aromatic carbocycles. The number of rotatable bonds is 5. The second-order valence-electron chi connectivity index (χ2n) is 5.26. The lowest BCUT2D eigenvalue weighted by molar-refractivity contribution is -0.121. The molecule has 0 spiro atoms. The molecule has 0 saturated carbocycles. The minimum atomic E-state index is -0.262. The third kappa shape index (κ3) is 5.00. The molecule has 94 valence electrons. The van der Waals surface area contributed by atoms with Crippen molar-refractivity contribution in [1.82, 2.24) is 5.32 Å². The highest BCUT2D eigenvalue weighted by Gasteiger charge is 2.17. The highest BCUT2D eigenvalue weighted by atomic mass is 16.3. The Hall–Kier alpha value is -1.35. The highest BCUT2D eigenvalue weighted by molar-refractivity contribution is 5.78. The Bertz CT molecular complexity index is 386. The van der Waals surface area contributed by atoms with Crippen LogP contribution < -0.4 is 5.32 Å². The maximum Gasteiger partial charge on any atom is 0.224 e. The second-order valence-corrected chi connectivity index (χ2v) is 5.26. The molecule has 17 heavy (non-hydrogen) atoms. The van der Waals surface area contributed by atoms with E-state index >= 15 is 0 Å². The second kappa shape index (κ2) is 5.82. The first-order valence-corrected chi connectivity index (χ1v) is 5.86. The Morgan fingerprint density at radius 3 is 2.71 bits per heavy atom. The Kier molecular flexibility index (Phi) is 4.70. The number of hydrogen-bond donors (Lipinski definition) is 2. The maximum atomic E-state index is 11.7. The summed E-state index contributed by atoms with van der Waals surface area (Å²) in [5.74, 6) is -0.00266. The van der Waals surface area contributed by atoms with Crippen LogP contribution in [-0.2, 0) is 11.2 Å². The lowest BCUT2D eigenvalue weighted by atomic mass is 9.95. The third-order valence-electron chi connectivity index (χ3n) is 2.64. The minimum Gasteiger partial charge on any atom is -0.396 e. The van der Waals surface area contributed by atoms with E-state index in [1.54, 1.807) is 0 Å². The van der Waals surface area contributed by atoms with Gasteiger partial charge in [0.25, 0.3) is 0 Å². The van der Waals surface area contributed by atoms with Gasteiger partial charge >= 0.3 is 0 Å². The fourth-order valence-corrected chi connectivity index (χ4v) is 1.46. The van der Waals surface area contributed by atoms with Gasteiger partial charge in [-0.25, -0.2) is 0 Å². The molecule has 3 heteroatoms. The molecule has 3 nitrogen and oxygen atoms in total. The van der Waals surface area contributed by atoms with Crippen LogP contribution in [0.15, 0.2) is 24.3 Å². The first-order valence-electron chi connectivity index (χ1n) is 5.86. The first-order chi connectivity index (χ1) is 7.93. The Balaban J connectivity index is 2.45. The topological polar surface area (TPSA) is 49.3 Å². The van der Waals surface area contributed by atoms with E-state index in [-0.39, 0.29) is 17.9 Å². The summed E-state index contributed by atoms with van der Waals surface area (Å²) in [6, 6.07) is 7.92. The molecule has 0 aliphatic heterocycles. The molecule has 0 aromatic heterocycles. The van der Waals surface area contributed by atoms with Gasteiger partial charge in [-0.15, -0.1) is 0 Å². The molecule has 0 heterocycles. The average Bonchev–Trinajstić information content (AvgIpc) is 2.27. The largest absolute Gasteiger partial charge is 0.396 e. The van der Waals surface area contributed by atoms with Crippen molar-refractivity contribution in [1.29, 1.82) is 0 Å². The van der Waals surface area contributed by atoms with E-state index in [9.17, 15) is 4.79 Å². The molecule has 0 bridgehead atoms. The van der Waals surface area contributed by atoms with E-state index in [2.05, 4.69) is 5.32 Å². The van der Waals surface area contributed by atoms with E-state index in [1.165, 1.54) is 0 Å². The maximum absolute atomic E-state index is 11.7. The Morgan fingerprint density at radius 1 is 1.41 bits per heavy atom. The van der Waals surface area contributed by atoms with Crippen LogP contribution in [0, 0.1) is 12.3 Å². The van der Waals surface area contributed by atoms with Gasteiger partial charge < -0.3 is 10.4 Å². The third-order valence-corrected chi connectivity index (χ3v) is 2.64. The van der Waals surface area contributed by atoms with Crippen LogP contribution in [0.5, 0.6) is 0 Å². The van der Waals surface area contributed by atoms with Crippen molar-refractivity contribution < 1.29 is 9.90 Å². The summed E-state index contributed by atoms with van der Waals surface area (Å²) in [7, 11) is 0. The lowest BCUT2D eigenvalue weighted by Crippen LogP contribution is -2.36. The van der Waals surface area contributed by atoms with Gasteiger partial charge in [-0.3, -0.25) is 4.79 Å². The smallest absolute Gasteiger partial charge is 0.224 e. The number of carbonyl (C=O) groups is 1. The molecule has 1 aromatic rings. The monoisotopic (exact) mass is 235 g/mol. The molecule has 0 aliphatic carbocycles. The van der Waals surface area contributed by atoms with Gasteiger partial charge in [0.2, 0.25) is 5.91 Å². The van der Waals surface area contributed by atoms with Crippen LogP contribution in [0.1, 0.15) is 25.0 Å². The van der Waals surface area contributed by atoms with Crippen molar-refractivity contribution in [3.8, 4) is 0 Å². The van der Waals surface area contributed by atoms with Crippen molar-refractivity contribution >= 4 is 5.91 Å². The van der Waals surface area contributed by atoms with Crippen molar-refractivity contribution in [2.45, 2.75) is 27.2 Å². The summed E-state index contributed by atoms with van der Waals surface area (Å²) >= 11 is 0. The quantitative estimate of drug-likeness (QED) is 0.815. The zero-order valence-electron chi connectivity index (χ0n) is 10.8. The van der Waals surface area contributed by atoms with Crippen molar-refractivity contribution in [3.63, 3.8) is 0 Å². The summed E-state index contributed by atoms with van der Waals surface area (Å²) < 4.78 is 0. The van der Waals surface area contributed by atoms with Gasteiger partial charge in [0.15, 0.2) is 0 Å². The summed E-state index contributed by atoms with van der Waals surface area (Å²) in [5, 5.41) is 11.9. The molecule has 0 radical (unpaired) electrons. The number of aliphatic hydroxyl groups excluding tert-OH is 1. The van der Waals surface area contributed by atoms with Crippen LogP contribution in [0.4, 0.5) is 0 Å². The Labute approximate surface area is 103 Å². The fourth-order valence-electron chi connectivity index (χ4n) is 1.46. The zero-order valence-corrected chi connectivity index (χ0v) is 10.8. The zero-order chi connectivity index (χ0) is 12.9. The van der Waals surface area contributed by atoms with Gasteiger partial charge in [0, 0.05) is 18.6 Å². The number of aliphatic hydroxyl groups is 1. The van der Waals surface area contributed by atoms with E-state index < -0.39 is 0 Å². The van der Waals surface area contributed by atoms with Crippen LogP contribution >= 0.6 is 0 Å². The molecule has 1 amide bonds. The molecule has 0 atom stereocenters. The van der Waals surface area contributed by atoms with E-state index in [1.807, 2.05) is 45.0 Å². The Morgan fingerprint density at radius 2 is 2.12 bits per heavy atom. The summed E-state index contributed by atoms with van der Waals surface area (Å²) in [6.07, 6.45) is 0.392. The number of aryl methyl sites for hydroxylation is 1. The number of hydrogen-bond acceptors (Lipinski definition) is 2. The molecule has 0 saturated heterocycles. The van der Waals surface area contributed by atoms with Gasteiger partial charge in [-0.1, -0.05) is 43.7 Å². The molecule has 0 aliphatic rings. The van der Waals surface area contributed by atoms with Crippen LogP contribution in [-0.4, -0.2) is 24.2 Å². The van der Waals surface area contributed by atoms with Gasteiger partial charge in [0.1, 0.15) is 0 Å². The molecular weight excluding hydrogens is 214 g/mol. The highest BCUT2D eigenvalue weighted by Crippen LogP contribution is 2.11. The van der Waals surface area contributed by atoms with Crippen LogP contribution in [0.3, 0.4) is 0 Å². The normalized spacial score (nSPS) is 11.3. The van der Waals surface area contributed by atoms with Gasteiger partial charge in [-0.05, 0) is 12.5 Å². The summed E-state index contributed by atoms with van der Waals surface area (Å²) in [5.41, 5.74) is 1.91. The summed E-state index contributed by atoms with van der Waals surface area (Å²) in [4.78, 5) is 11.7. The SMILES string of the molecule is Cc1cccc(CC(=O)NCC(C)(C)CO)c1. The number of amides is 1. The van der Waals surface area contributed by atoms with Crippen molar-refractivity contribution in [3.05, 3.63) is 35.4 Å². The van der Waals surface area contributed by atoms with Gasteiger partial charge in [-0.2, -0.15) is 0 Å². The molecule has 0 unspecified atom stereocenters. The molecular formula is C14H21NO2.